The van der Waals surface area contributed by atoms with Gasteiger partial charge in [0.2, 0.25) is 11.8 Å². The number of carbonyl (C=O) groups is 1. The summed E-state index contributed by atoms with van der Waals surface area (Å²) in [5, 5.41) is 8.82. The zero-order chi connectivity index (χ0) is 26.1. The fraction of sp³-hybridized carbons (Fsp3) is 0.333. The summed E-state index contributed by atoms with van der Waals surface area (Å²) in [6.07, 6.45) is 6.29. The number of carbonyl (C=O) groups excluding carboxylic acids is 1. The number of nitrogens with zero attached hydrogens (tertiary/aromatic N) is 5. The van der Waals surface area contributed by atoms with E-state index in [1.165, 1.54) is 24.5 Å². The van der Waals surface area contributed by atoms with Crippen molar-refractivity contribution in [1.82, 2.24) is 25.1 Å². The van der Waals surface area contributed by atoms with Crippen LogP contribution in [0, 0.1) is 17.0 Å². The zero-order valence-corrected chi connectivity index (χ0v) is 20.5. The van der Waals surface area contributed by atoms with Gasteiger partial charge >= 0.3 is 0 Å². The second kappa shape index (κ2) is 7.96. The number of benzene rings is 1. The van der Waals surface area contributed by atoms with Crippen LogP contribution in [0.5, 0.6) is 0 Å². The first-order valence-corrected chi connectivity index (χ1v) is 12.0. The molecule has 4 aromatic rings. The van der Waals surface area contributed by atoms with Gasteiger partial charge in [0.15, 0.2) is 0 Å². The average molecular weight is 503 g/mol. The minimum atomic E-state index is -0.680. The number of nitrogens with two attached hydrogens (primary N) is 1. The first kappa shape index (κ1) is 23.3. The van der Waals surface area contributed by atoms with Crippen LogP contribution >= 0.6 is 0 Å². The van der Waals surface area contributed by atoms with Crippen LogP contribution in [0.3, 0.4) is 0 Å². The largest absolute Gasteiger partial charge is 0.443 e. The average Bonchev–Trinajstić information content (AvgIpc) is 3.52. The molecule has 2 aliphatic rings. The van der Waals surface area contributed by atoms with Gasteiger partial charge in [-0.2, -0.15) is 5.10 Å². The molecule has 3 atom stereocenters. The predicted octanol–water partition coefficient (Wildman–Crippen LogP) is 4.66. The first-order chi connectivity index (χ1) is 17.6. The molecule has 0 spiro atoms. The molecule has 0 radical (unpaired) electrons. The lowest BCUT2D eigenvalue weighted by molar-refractivity contribution is -0.119. The van der Waals surface area contributed by atoms with Crippen molar-refractivity contribution in [2.24, 2.45) is 11.1 Å². The first-order valence-electron chi connectivity index (χ1n) is 12.0. The monoisotopic (exact) mass is 502 g/mol. The standard InChI is InChI=1S/C27H24F2N6O2/c1-13(24(30)36)20-12-37-25(33-20)19-10-31-11-21(32-19)27-8-7-15(26(27,2)3)14-9-18(34-35-23(14)27)22-16(28)5-4-6-17(22)29/h4-6,9-13,15H,7-8H2,1-3H3,(H2,30,36)/t13-,15-,27-/m0/s1. The van der Waals surface area contributed by atoms with Crippen molar-refractivity contribution in [3.63, 3.8) is 0 Å². The Kier molecular flexibility index (Phi) is 5.02. The summed E-state index contributed by atoms with van der Waals surface area (Å²) in [4.78, 5) is 25.3. The van der Waals surface area contributed by atoms with Crippen LogP contribution in [-0.4, -0.2) is 31.1 Å². The van der Waals surface area contributed by atoms with Gasteiger partial charge in [-0.25, -0.2) is 18.7 Å². The molecule has 37 heavy (non-hydrogen) atoms. The van der Waals surface area contributed by atoms with Crippen molar-refractivity contribution >= 4 is 5.91 Å². The molecule has 3 heterocycles. The SMILES string of the molecule is C[C@H](C(N)=O)c1coc(-c2cncc([C@@]34CC[C@@H](c5cc(-c6c(F)cccc6F)nnc53)C4(C)C)n2)n1. The van der Waals surface area contributed by atoms with Gasteiger partial charge in [0.05, 0.1) is 45.9 Å². The molecule has 3 aromatic heterocycles. The Labute approximate surface area is 211 Å². The minimum Gasteiger partial charge on any atom is -0.443 e. The highest BCUT2D eigenvalue weighted by molar-refractivity contribution is 5.80. The molecule has 2 aliphatic carbocycles. The van der Waals surface area contributed by atoms with Crippen LogP contribution in [0.15, 0.2) is 47.3 Å². The van der Waals surface area contributed by atoms with Crippen molar-refractivity contribution < 1.29 is 18.0 Å². The second-order valence-corrected chi connectivity index (χ2v) is 10.3. The Balaban J connectivity index is 1.46. The Hall–Kier alpha value is -4.08. The van der Waals surface area contributed by atoms with Crippen LogP contribution in [0.2, 0.25) is 0 Å². The van der Waals surface area contributed by atoms with E-state index in [4.69, 9.17) is 15.1 Å². The third-order valence-corrected chi connectivity index (χ3v) is 8.28. The summed E-state index contributed by atoms with van der Waals surface area (Å²) in [5.41, 5.74) is 7.66. The molecule has 1 fully saturated rings. The molecule has 0 aliphatic heterocycles. The van der Waals surface area contributed by atoms with Gasteiger partial charge in [0, 0.05) is 6.20 Å². The van der Waals surface area contributed by atoms with Crippen molar-refractivity contribution in [1.29, 1.82) is 0 Å². The molecular weight excluding hydrogens is 478 g/mol. The molecule has 1 aromatic carbocycles. The molecule has 6 rings (SSSR count). The lowest BCUT2D eigenvalue weighted by Gasteiger charge is -2.37. The number of primary amides is 1. The second-order valence-electron chi connectivity index (χ2n) is 10.3. The van der Waals surface area contributed by atoms with Gasteiger partial charge in [-0.3, -0.25) is 9.78 Å². The Morgan fingerprint density at radius 2 is 1.89 bits per heavy atom. The molecule has 1 saturated carbocycles. The number of hydrogen-bond acceptors (Lipinski definition) is 7. The lowest BCUT2D eigenvalue weighted by atomic mass is 9.66. The molecule has 0 unspecified atom stereocenters. The van der Waals surface area contributed by atoms with Gasteiger partial charge in [0.1, 0.15) is 23.6 Å². The number of fused-ring (bicyclic) bond motifs is 5. The summed E-state index contributed by atoms with van der Waals surface area (Å²) in [7, 11) is 0. The summed E-state index contributed by atoms with van der Waals surface area (Å²) in [6.45, 7) is 5.96. The number of hydrogen-bond donors (Lipinski definition) is 1. The molecule has 2 bridgehead atoms. The maximum absolute atomic E-state index is 14.5. The fourth-order valence-corrected chi connectivity index (χ4v) is 6.18. The minimum absolute atomic E-state index is 0.0989. The molecular formula is C27H24F2N6O2. The highest BCUT2D eigenvalue weighted by atomic mass is 19.1. The van der Waals surface area contributed by atoms with Gasteiger partial charge in [-0.1, -0.05) is 19.9 Å². The molecule has 8 nitrogen and oxygen atoms in total. The normalized spacial score (nSPS) is 22.1. The summed E-state index contributed by atoms with van der Waals surface area (Å²) >= 11 is 0. The molecule has 188 valence electrons. The summed E-state index contributed by atoms with van der Waals surface area (Å²) in [5.74, 6) is -2.14. The molecule has 0 saturated heterocycles. The number of aromatic nitrogens is 5. The van der Waals surface area contributed by atoms with E-state index in [1.807, 2.05) is 0 Å². The van der Waals surface area contributed by atoms with Crippen LogP contribution in [0.25, 0.3) is 22.8 Å². The maximum Gasteiger partial charge on any atom is 0.246 e. The fourth-order valence-electron chi connectivity index (χ4n) is 6.18. The number of oxazole rings is 1. The van der Waals surface area contributed by atoms with Crippen LogP contribution in [0.4, 0.5) is 8.78 Å². The van der Waals surface area contributed by atoms with Gasteiger partial charge in [-0.15, -0.1) is 5.10 Å². The number of amides is 1. The Bertz CT molecular complexity index is 1550. The van der Waals surface area contributed by atoms with Crippen molar-refractivity contribution in [2.45, 2.75) is 50.9 Å². The quantitative estimate of drug-likeness (QED) is 0.421. The Morgan fingerprint density at radius 1 is 1.14 bits per heavy atom. The summed E-state index contributed by atoms with van der Waals surface area (Å²) < 4.78 is 34.6. The number of halogens is 2. The van der Waals surface area contributed by atoms with Gasteiger partial charge in [0.25, 0.3) is 0 Å². The lowest BCUT2D eigenvalue weighted by Crippen LogP contribution is -2.38. The Morgan fingerprint density at radius 3 is 2.62 bits per heavy atom. The van der Waals surface area contributed by atoms with Gasteiger partial charge in [-0.05, 0) is 54.9 Å². The van der Waals surface area contributed by atoms with Crippen molar-refractivity contribution in [2.75, 3.05) is 0 Å². The predicted molar refractivity (Wildman–Crippen MR) is 129 cm³/mol. The highest BCUT2D eigenvalue weighted by Gasteiger charge is 2.65. The number of rotatable bonds is 5. The van der Waals surface area contributed by atoms with E-state index in [1.54, 1.807) is 25.4 Å². The van der Waals surface area contributed by atoms with E-state index >= 15 is 0 Å². The van der Waals surface area contributed by atoms with Crippen LogP contribution in [0.1, 0.15) is 68.1 Å². The highest BCUT2D eigenvalue weighted by Crippen LogP contribution is 2.69. The third-order valence-electron chi connectivity index (χ3n) is 8.28. The van der Waals surface area contributed by atoms with E-state index in [0.717, 1.165) is 24.1 Å². The molecule has 10 heteroatoms. The smallest absolute Gasteiger partial charge is 0.246 e. The molecule has 1 amide bonds. The van der Waals surface area contributed by atoms with E-state index < -0.39 is 28.9 Å². The van der Waals surface area contributed by atoms with E-state index in [-0.39, 0.29) is 28.5 Å². The van der Waals surface area contributed by atoms with E-state index in [0.29, 0.717) is 17.1 Å². The zero-order valence-electron chi connectivity index (χ0n) is 20.5. The van der Waals surface area contributed by atoms with Crippen molar-refractivity contribution in [3.8, 4) is 22.8 Å². The molecule has 2 N–H and O–H groups in total. The summed E-state index contributed by atoms with van der Waals surface area (Å²) in [6, 6.07) is 5.51. The maximum atomic E-state index is 14.5. The van der Waals surface area contributed by atoms with E-state index in [2.05, 4.69) is 34.0 Å². The van der Waals surface area contributed by atoms with Gasteiger partial charge < -0.3 is 10.2 Å². The van der Waals surface area contributed by atoms with Crippen LogP contribution < -0.4 is 5.73 Å². The van der Waals surface area contributed by atoms with Crippen LogP contribution in [-0.2, 0) is 10.2 Å². The topological polar surface area (TPSA) is 121 Å². The third kappa shape index (κ3) is 3.17. The van der Waals surface area contributed by atoms with Crippen molar-refractivity contribution in [3.05, 3.63) is 77.2 Å². The van der Waals surface area contributed by atoms with E-state index in [9.17, 15) is 13.6 Å².